The van der Waals surface area contributed by atoms with E-state index in [4.69, 9.17) is 0 Å². The van der Waals surface area contributed by atoms with Gasteiger partial charge in [0.2, 0.25) is 5.91 Å². The van der Waals surface area contributed by atoms with Crippen LogP contribution in [0, 0.1) is 0 Å². The van der Waals surface area contributed by atoms with Crippen LogP contribution in [0.3, 0.4) is 0 Å². The van der Waals surface area contributed by atoms with Crippen molar-refractivity contribution in [2.75, 3.05) is 12.4 Å². The second-order valence-electron chi connectivity index (χ2n) is 3.58. The van der Waals surface area contributed by atoms with Gasteiger partial charge in [0.25, 0.3) is 0 Å². The van der Waals surface area contributed by atoms with Gasteiger partial charge in [-0.1, -0.05) is 13.3 Å². The molecule has 0 bridgehead atoms. The number of carbonyl (C=O) groups is 2. The molecule has 1 heterocycles. The highest BCUT2D eigenvalue weighted by atomic mass is 16.5. The van der Waals surface area contributed by atoms with Gasteiger partial charge in [-0.3, -0.25) is 4.79 Å². The van der Waals surface area contributed by atoms with Crippen molar-refractivity contribution in [2.45, 2.75) is 26.2 Å². The lowest BCUT2D eigenvalue weighted by atomic mass is 10.2. The lowest BCUT2D eigenvalue weighted by Crippen LogP contribution is -2.12. The van der Waals surface area contributed by atoms with Gasteiger partial charge in [0.05, 0.1) is 12.7 Å². The summed E-state index contributed by atoms with van der Waals surface area (Å²) in [4.78, 5) is 26.5. The Kier molecular flexibility index (Phi) is 5.13. The highest BCUT2D eigenvalue weighted by Gasteiger charge is 2.06. The summed E-state index contributed by atoms with van der Waals surface area (Å²) in [5.41, 5.74) is 0.360. The van der Waals surface area contributed by atoms with Crippen molar-refractivity contribution in [1.82, 2.24) is 4.98 Å². The highest BCUT2D eigenvalue weighted by molar-refractivity contribution is 5.91. The van der Waals surface area contributed by atoms with E-state index in [1.165, 1.54) is 13.3 Å². The summed E-state index contributed by atoms with van der Waals surface area (Å²) < 4.78 is 4.54. The van der Waals surface area contributed by atoms with Gasteiger partial charge in [0, 0.05) is 12.6 Å². The molecular formula is C12H16N2O3. The molecule has 0 atom stereocenters. The third-order valence-corrected chi connectivity index (χ3v) is 2.21. The van der Waals surface area contributed by atoms with Crippen LogP contribution < -0.4 is 5.32 Å². The highest BCUT2D eigenvalue weighted by Crippen LogP contribution is 2.07. The molecule has 0 unspecified atom stereocenters. The number of pyridine rings is 1. The molecule has 0 fully saturated rings. The number of unbranched alkanes of at least 4 members (excludes halogenated alkanes) is 1. The molecule has 0 saturated heterocycles. The van der Waals surface area contributed by atoms with Crippen molar-refractivity contribution in [3.05, 3.63) is 23.9 Å². The number of methoxy groups -OCH3 is 1. The molecule has 1 rings (SSSR count). The van der Waals surface area contributed by atoms with Crippen molar-refractivity contribution in [2.24, 2.45) is 0 Å². The topological polar surface area (TPSA) is 68.3 Å². The number of nitrogens with zero attached hydrogens (tertiary/aromatic N) is 1. The average Bonchev–Trinajstić information content (AvgIpc) is 2.36. The van der Waals surface area contributed by atoms with Gasteiger partial charge in [-0.25, -0.2) is 9.78 Å². The number of hydrogen-bond donors (Lipinski definition) is 1. The smallest absolute Gasteiger partial charge is 0.339 e. The van der Waals surface area contributed by atoms with Crippen molar-refractivity contribution in [1.29, 1.82) is 0 Å². The number of aromatic nitrogens is 1. The summed E-state index contributed by atoms with van der Waals surface area (Å²) in [6.45, 7) is 2.02. The van der Waals surface area contributed by atoms with E-state index in [0.29, 0.717) is 17.8 Å². The van der Waals surface area contributed by atoms with Crippen LogP contribution in [0.2, 0.25) is 0 Å². The van der Waals surface area contributed by atoms with Crippen LogP contribution in [0.5, 0.6) is 0 Å². The summed E-state index contributed by atoms with van der Waals surface area (Å²) in [6.07, 6.45) is 3.69. The second kappa shape index (κ2) is 6.62. The Bertz CT molecular complexity index is 387. The quantitative estimate of drug-likeness (QED) is 0.794. The number of esters is 1. The maximum absolute atomic E-state index is 11.4. The summed E-state index contributed by atoms with van der Waals surface area (Å²) in [5.74, 6) is -0.0646. The Hall–Kier alpha value is -1.91. The van der Waals surface area contributed by atoms with Gasteiger partial charge in [0.15, 0.2) is 0 Å². The van der Waals surface area contributed by atoms with Gasteiger partial charge < -0.3 is 10.1 Å². The van der Waals surface area contributed by atoms with E-state index >= 15 is 0 Å². The van der Waals surface area contributed by atoms with Crippen molar-refractivity contribution < 1.29 is 14.3 Å². The fraction of sp³-hybridized carbons (Fsp3) is 0.417. The Labute approximate surface area is 100 Å². The van der Waals surface area contributed by atoms with Gasteiger partial charge >= 0.3 is 5.97 Å². The largest absolute Gasteiger partial charge is 0.465 e. The molecule has 0 aliphatic rings. The molecule has 5 heteroatoms. The zero-order valence-corrected chi connectivity index (χ0v) is 10.0. The molecule has 0 aliphatic carbocycles. The van der Waals surface area contributed by atoms with Crippen LogP contribution in [-0.2, 0) is 9.53 Å². The fourth-order valence-corrected chi connectivity index (χ4v) is 1.25. The minimum absolute atomic E-state index is 0.0647. The number of carbonyl (C=O) groups excluding carboxylic acids is 2. The number of hydrogen-bond acceptors (Lipinski definition) is 4. The molecule has 1 N–H and O–H groups in total. The first kappa shape index (κ1) is 13.2. The molecule has 1 aromatic rings. The van der Waals surface area contributed by atoms with E-state index in [0.717, 1.165) is 12.8 Å². The maximum Gasteiger partial charge on any atom is 0.339 e. The third-order valence-electron chi connectivity index (χ3n) is 2.21. The Morgan fingerprint density at radius 2 is 2.18 bits per heavy atom. The van der Waals surface area contributed by atoms with E-state index in [2.05, 4.69) is 15.0 Å². The van der Waals surface area contributed by atoms with E-state index in [1.807, 2.05) is 6.92 Å². The summed E-state index contributed by atoms with van der Waals surface area (Å²) in [5, 5.41) is 2.66. The number of nitrogens with one attached hydrogen (secondary N) is 1. The average molecular weight is 236 g/mol. The van der Waals surface area contributed by atoms with Crippen LogP contribution in [0.25, 0.3) is 0 Å². The number of anilines is 1. The monoisotopic (exact) mass is 236 g/mol. The fourth-order valence-electron chi connectivity index (χ4n) is 1.25. The first-order valence-electron chi connectivity index (χ1n) is 5.51. The van der Waals surface area contributed by atoms with Crippen LogP contribution in [-0.4, -0.2) is 24.0 Å². The molecule has 0 spiro atoms. The van der Waals surface area contributed by atoms with Crippen molar-refractivity contribution in [3.8, 4) is 0 Å². The number of ether oxygens (including phenoxy) is 1. The molecule has 1 amide bonds. The predicted molar refractivity (Wildman–Crippen MR) is 63.7 cm³/mol. The van der Waals surface area contributed by atoms with Crippen molar-refractivity contribution in [3.63, 3.8) is 0 Å². The molecule has 0 saturated carbocycles. The molecular weight excluding hydrogens is 220 g/mol. The van der Waals surface area contributed by atoms with Crippen molar-refractivity contribution >= 4 is 17.7 Å². The Balaban J connectivity index is 2.56. The zero-order chi connectivity index (χ0) is 12.7. The molecule has 17 heavy (non-hydrogen) atoms. The summed E-state index contributed by atoms with van der Waals surface area (Å²) >= 11 is 0. The number of amides is 1. The molecule has 92 valence electrons. The molecule has 5 nitrogen and oxygen atoms in total. The Morgan fingerprint density at radius 3 is 2.71 bits per heavy atom. The predicted octanol–water partition coefficient (Wildman–Crippen LogP) is 2.00. The van der Waals surface area contributed by atoms with Crippen LogP contribution in [0.4, 0.5) is 5.82 Å². The van der Waals surface area contributed by atoms with E-state index in [9.17, 15) is 9.59 Å². The second-order valence-corrected chi connectivity index (χ2v) is 3.58. The lowest BCUT2D eigenvalue weighted by Gasteiger charge is -2.04. The minimum atomic E-state index is -0.443. The molecule has 0 radical (unpaired) electrons. The molecule has 0 aromatic carbocycles. The third kappa shape index (κ3) is 4.22. The standard InChI is InChI=1S/C12H16N2O3/c1-3-4-5-11(15)14-10-7-6-9(8-13-10)12(16)17-2/h6-8H,3-5H2,1-2H3,(H,13,14,15). The van der Waals surface area contributed by atoms with Crippen LogP contribution in [0.1, 0.15) is 36.5 Å². The SMILES string of the molecule is CCCCC(=O)Nc1ccc(C(=O)OC)cn1. The summed E-state index contributed by atoms with van der Waals surface area (Å²) in [7, 11) is 1.31. The molecule has 1 aromatic heterocycles. The Morgan fingerprint density at radius 1 is 1.41 bits per heavy atom. The minimum Gasteiger partial charge on any atom is -0.465 e. The van der Waals surface area contributed by atoms with Crippen LogP contribution in [0.15, 0.2) is 18.3 Å². The van der Waals surface area contributed by atoms with Gasteiger partial charge in [-0.05, 0) is 18.6 Å². The lowest BCUT2D eigenvalue weighted by molar-refractivity contribution is -0.116. The van der Waals surface area contributed by atoms with E-state index in [-0.39, 0.29) is 5.91 Å². The number of rotatable bonds is 5. The maximum atomic E-state index is 11.4. The van der Waals surface area contributed by atoms with E-state index < -0.39 is 5.97 Å². The zero-order valence-electron chi connectivity index (χ0n) is 10.0. The normalized spacial score (nSPS) is 9.76. The van der Waals surface area contributed by atoms with Crippen LogP contribution >= 0.6 is 0 Å². The van der Waals surface area contributed by atoms with Gasteiger partial charge in [0.1, 0.15) is 5.82 Å². The van der Waals surface area contributed by atoms with Gasteiger partial charge in [-0.2, -0.15) is 0 Å². The first-order chi connectivity index (χ1) is 8.17. The van der Waals surface area contributed by atoms with E-state index in [1.54, 1.807) is 12.1 Å². The first-order valence-corrected chi connectivity index (χ1v) is 5.51. The summed E-state index contributed by atoms with van der Waals surface area (Å²) in [6, 6.07) is 3.14. The van der Waals surface area contributed by atoms with Gasteiger partial charge in [-0.15, -0.1) is 0 Å². The molecule has 0 aliphatic heterocycles.